The standard InChI is InChI=1S/C18H28IN/c1-13(14-6-8-15(19)9-7-14)20-16-10-17(2,3)12-18(4,5)11-16/h6-9,13,16,20H,10-12H2,1-5H3. The van der Waals surface area contributed by atoms with Gasteiger partial charge in [-0.15, -0.1) is 0 Å². The molecular weight excluding hydrogens is 357 g/mol. The van der Waals surface area contributed by atoms with Crippen LogP contribution in [0.4, 0.5) is 0 Å². The molecule has 0 bridgehead atoms. The van der Waals surface area contributed by atoms with Crippen molar-refractivity contribution in [2.24, 2.45) is 10.8 Å². The van der Waals surface area contributed by atoms with E-state index in [2.05, 4.69) is 86.8 Å². The van der Waals surface area contributed by atoms with E-state index in [-0.39, 0.29) is 0 Å². The SMILES string of the molecule is CC(NC1CC(C)(C)CC(C)(C)C1)c1ccc(I)cc1. The Morgan fingerprint density at radius 1 is 1.05 bits per heavy atom. The zero-order valence-electron chi connectivity index (χ0n) is 13.5. The molecule has 1 aromatic rings. The van der Waals surface area contributed by atoms with E-state index >= 15 is 0 Å². The van der Waals surface area contributed by atoms with E-state index in [9.17, 15) is 0 Å². The van der Waals surface area contributed by atoms with Crippen LogP contribution in [0.3, 0.4) is 0 Å². The highest BCUT2D eigenvalue weighted by atomic mass is 127. The fourth-order valence-electron chi connectivity index (χ4n) is 4.17. The first-order chi connectivity index (χ1) is 9.17. The first-order valence-corrected chi connectivity index (χ1v) is 8.76. The molecule has 0 aliphatic heterocycles. The minimum Gasteiger partial charge on any atom is -0.307 e. The summed E-state index contributed by atoms with van der Waals surface area (Å²) < 4.78 is 1.30. The third-order valence-electron chi connectivity index (χ3n) is 4.41. The number of halogens is 1. The van der Waals surface area contributed by atoms with Crippen LogP contribution in [0.5, 0.6) is 0 Å². The van der Waals surface area contributed by atoms with Gasteiger partial charge in [0.1, 0.15) is 0 Å². The maximum Gasteiger partial charge on any atom is 0.0294 e. The molecule has 2 heteroatoms. The summed E-state index contributed by atoms with van der Waals surface area (Å²) in [5, 5.41) is 3.86. The summed E-state index contributed by atoms with van der Waals surface area (Å²) in [4.78, 5) is 0. The molecule has 0 aromatic heterocycles. The van der Waals surface area contributed by atoms with Crippen molar-refractivity contribution in [1.29, 1.82) is 0 Å². The Morgan fingerprint density at radius 3 is 2.05 bits per heavy atom. The highest BCUT2D eigenvalue weighted by Gasteiger charge is 2.38. The van der Waals surface area contributed by atoms with Crippen molar-refractivity contribution >= 4 is 22.6 Å². The Labute approximate surface area is 138 Å². The van der Waals surface area contributed by atoms with Crippen LogP contribution in [-0.4, -0.2) is 6.04 Å². The van der Waals surface area contributed by atoms with Gasteiger partial charge >= 0.3 is 0 Å². The van der Waals surface area contributed by atoms with Crippen LogP contribution in [0.15, 0.2) is 24.3 Å². The van der Waals surface area contributed by atoms with E-state index in [4.69, 9.17) is 0 Å². The summed E-state index contributed by atoms with van der Waals surface area (Å²) >= 11 is 2.36. The summed E-state index contributed by atoms with van der Waals surface area (Å²) in [6.07, 6.45) is 3.90. The van der Waals surface area contributed by atoms with Crippen LogP contribution in [0.25, 0.3) is 0 Å². The van der Waals surface area contributed by atoms with Crippen molar-refractivity contribution in [2.45, 2.75) is 66.0 Å². The van der Waals surface area contributed by atoms with Gasteiger partial charge in [-0.25, -0.2) is 0 Å². The summed E-state index contributed by atoms with van der Waals surface area (Å²) in [6.45, 7) is 11.9. The first-order valence-electron chi connectivity index (χ1n) is 7.68. The molecule has 1 N–H and O–H groups in total. The smallest absolute Gasteiger partial charge is 0.0294 e. The number of benzene rings is 1. The molecule has 0 radical (unpaired) electrons. The summed E-state index contributed by atoms with van der Waals surface area (Å²) in [5.74, 6) is 0. The molecule has 1 nitrogen and oxygen atoms in total. The highest BCUT2D eigenvalue weighted by Crippen LogP contribution is 2.46. The molecule has 112 valence electrons. The second-order valence-corrected chi connectivity index (χ2v) is 9.30. The molecular formula is C18H28IN. The number of hydrogen-bond donors (Lipinski definition) is 1. The lowest BCUT2D eigenvalue weighted by Gasteiger charge is -2.46. The lowest BCUT2D eigenvalue weighted by atomic mass is 9.63. The van der Waals surface area contributed by atoms with E-state index in [1.54, 1.807) is 0 Å². The largest absolute Gasteiger partial charge is 0.307 e. The second-order valence-electron chi connectivity index (χ2n) is 8.05. The van der Waals surface area contributed by atoms with Crippen LogP contribution < -0.4 is 5.32 Å². The molecule has 0 spiro atoms. The zero-order valence-corrected chi connectivity index (χ0v) is 15.6. The van der Waals surface area contributed by atoms with Gasteiger partial charge in [-0.2, -0.15) is 0 Å². The summed E-state index contributed by atoms with van der Waals surface area (Å²) in [5.41, 5.74) is 2.29. The second kappa shape index (κ2) is 5.96. The fraction of sp³-hybridized carbons (Fsp3) is 0.667. The summed E-state index contributed by atoms with van der Waals surface area (Å²) in [7, 11) is 0. The minimum atomic E-state index is 0.432. The third-order valence-corrected chi connectivity index (χ3v) is 5.13. The molecule has 1 aliphatic carbocycles. The van der Waals surface area contributed by atoms with Crippen LogP contribution >= 0.6 is 22.6 Å². The predicted octanol–water partition coefficient (Wildman–Crippen LogP) is 5.55. The van der Waals surface area contributed by atoms with Crippen molar-refractivity contribution in [2.75, 3.05) is 0 Å². The quantitative estimate of drug-likeness (QED) is 0.673. The normalized spacial score (nSPS) is 23.5. The maximum absolute atomic E-state index is 3.86. The van der Waals surface area contributed by atoms with E-state index < -0.39 is 0 Å². The van der Waals surface area contributed by atoms with Gasteiger partial charge < -0.3 is 5.32 Å². The van der Waals surface area contributed by atoms with Gasteiger partial charge in [-0.3, -0.25) is 0 Å². The monoisotopic (exact) mass is 385 g/mol. The first kappa shape index (κ1) is 16.3. The van der Waals surface area contributed by atoms with Crippen molar-refractivity contribution < 1.29 is 0 Å². The van der Waals surface area contributed by atoms with Crippen molar-refractivity contribution in [3.05, 3.63) is 33.4 Å². The predicted molar refractivity (Wildman–Crippen MR) is 95.9 cm³/mol. The molecule has 1 aromatic carbocycles. The van der Waals surface area contributed by atoms with Gasteiger partial charge in [0.25, 0.3) is 0 Å². The summed E-state index contributed by atoms with van der Waals surface area (Å²) in [6, 6.07) is 9.95. The number of hydrogen-bond acceptors (Lipinski definition) is 1. The molecule has 1 aliphatic rings. The Balaban J connectivity index is 2.03. The van der Waals surface area contributed by atoms with Crippen LogP contribution in [-0.2, 0) is 0 Å². The topological polar surface area (TPSA) is 12.0 Å². The minimum absolute atomic E-state index is 0.432. The molecule has 0 heterocycles. The number of nitrogens with one attached hydrogen (secondary N) is 1. The molecule has 1 saturated carbocycles. The van der Waals surface area contributed by atoms with Crippen LogP contribution in [0.1, 0.15) is 65.5 Å². The van der Waals surface area contributed by atoms with E-state index in [0.29, 0.717) is 22.9 Å². The highest BCUT2D eigenvalue weighted by molar-refractivity contribution is 14.1. The molecule has 20 heavy (non-hydrogen) atoms. The number of rotatable bonds is 3. The van der Waals surface area contributed by atoms with Gasteiger partial charge in [-0.1, -0.05) is 39.8 Å². The average Bonchev–Trinajstić information content (AvgIpc) is 2.25. The molecule has 0 saturated heterocycles. The van der Waals surface area contributed by atoms with E-state index in [0.717, 1.165) is 0 Å². The van der Waals surface area contributed by atoms with E-state index in [1.807, 2.05) is 0 Å². The van der Waals surface area contributed by atoms with Crippen molar-refractivity contribution in [1.82, 2.24) is 5.32 Å². The van der Waals surface area contributed by atoms with Crippen LogP contribution in [0, 0.1) is 14.4 Å². The Hall–Kier alpha value is -0.0900. The Kier molecular flexibility index (Phi) is 4.85. The molecule has 0 amide bonds. The lowest BCUT2D eigenvalue weighted by molar-refractivity contribution is 0.0811. The third kappa shape index (κ3) is 4.45. The maximum atomic E-state index is 3.86. The van der Waals surface area contributed by atoms with Gasteiger partial charge in [0.15, 0.2) is 0 Å². The molecule has 1 atom stereocenters. The Morgan fingerprint density at radius 2 is 1.55 bits per heavy atom. The lowest BCUT2D eigenvalue weighted by Crippen LogP contribution is -2.44. The molecule has 1 fully saturated rings. The average molecular weight is 385 g/mol. The molecule has 2 rings (SSSR count). The van der Waals surface area contributed by atoms with Gasteiger partial charge in [0, 0.05) is 15.7 Å². The van der Waals surface area contributed by atoms with Gasteiger partial charge in [0.2, 0.25) is 0 Å². The van der Waals surface area contributed by atoms with Gasteiger partial charge in [0.05, 0.1) is 0 Å². The van der Waals surface area contributed by atoms with E-state index in [1.165, 1.54) is 28.4 Å². The van der Waals surface area contributed by atoms with Crippen molar-refractivity contribution in [3.8, 4) is 0 Å². The fourth-order valence-corrected chi connectivity index (χ4v) is 4.52. The Bertz CT molecular complexity index is 431. The van der Waals surface area contributed by atoms with Crippen LogP contribution in [0.2, 0.25) is 0 Å². The van der Waals surface area contributed by atoms with Crippen molar-refractivity contribution in [3.63, 3.8) is 0 Å². The zero-order chi connectivity index (χ0) is 15.0. The van der Waals surface area contributed by atoms with Gasteiger partial charge in [-0.05, 0) is 77.3 Å². The molecule has 1 unspecified atom stereocenters.